The molecule has 61 heavy (non-hydrogen) atoms. The van der Waals surface area contributed by atoms with E-state index in [-0.39, 0.29) is 36.7 Å². The average Bonchev–Trinajstić information content (AvgIpc) is 4.08. The van der Waals surface area contributed by atoms with E-state index in [9.17, 15) is 14.4 Å². The third-order valence-corrected chi connectivity index (χ3v) is 14.3. The molecule has 0 radical (unpaired) electrons. The summed E-state index contributed by atoms with van der Waals surface area (Å²) in [5.41, 5.74) is 5.18. The summed E-state index contributed by atoms with van der Waals surface area (Å²) in [6.45, 7) is 5.36. The number of hydrogen-bond donors (Lipinski definition) is 0. The number of amides is 1. The zero-order valence-corrected chi connectivity index (χ0v) is 35.7. The molecule has 2 saturated heterocycles. The third-order valence-electron chi connectivity index (χ3n) is 12.1. The van der Waals surface area contributed by atoms with Crippen LogP contribution in [0.25, 0.3) is 20.7 Å². The number of rotatable bonds is 10. The molecule has 7 heterocycles. The van der Waals surface area contributed by atoms with E-state index in [1.807, 2.05) is 80.2 Å². The average molecular weight is 861 g/mol. The van der Waals surface area contributed by atoms with Gasteiger partial charge in [-0.3, -0.25) is 23.7 Å². The first-order valence-corrected chi connectivity index (χ1v) is 22.7. The van der Waals surface area contributed by atoms with Crippen molar-refractivity contribution in [3.05, 3.63) is 115 Å². The lowest BCUT2D eigenvalue weighted by Crippen LogP contribution is -2.46. The first kappa shape index (κ1) is 39.3. The van der Waals surface area contributed by atoms with Crippen LogP contribution in [0.5, 0.6) is 23.0 Å². The fourth-order valence-corrected chi connectivity index (χ4v) is 11.2. The fraction of sp³-hybridized carbons (Fsp3) is 0.378. The number of ether oxygens (including phenoxy) is 4. The normalized spacial score (nSPS) is 18.5. The van der Waals surface area contributed by atoms with E-state index in [0.717, 1.165) is 51.0 Å². The largest absolute Gasteiger partial charge is 0.493 e. The minimum atomic E-state index is -0.457. The lowest BCUT2D eigenvalue weighted by Gasteiger charge is -2.35. The quantitative estimate of drug-likeness (QED) is 0.141. The number of hydrogen-bond acceptors (Lipinski definition) is 13. The predicted molar refractivity (Wildman–Crippen MR) is 234 cm³/mol. The number of piperidine rings is 1. The number of fused-ring (bicyclic) bond motifs is 5. The fourth-order valence-electron chi connectivity index (χ4n) is 8.90. The summed E-state index contributed by atoms with van der Waals surface area (Å²) in [6, 6.07) is 19.1. The highest BCUT2D eigenvalue weighted by Gasteiger charge is 2.36. The second-order valence-electron chi connectivity index (χ2n) is 15.5. The molecular formula is C45H44N6O8S2. The monoisotopic (exact) mass is 860 g/mol. The summed E-state index contributed by atoms with van der Waals surface area (Å²) in [4.78, 5) is 55.1. The molecule has 16 heteroatoms. The molecule has 2 fully saturated rings. The maximum Gasteiger partial charge on any atom is 0.332 e. The Bertz CT molecular complexity index is 2820. The van der Waals surface area contributed by atoms with Crippen LogP contribution in [0.15, 0.2) is 79.8 Å². The second-order valence-corrected chi connectivity index (χ2v) is 17.7. The highest BCUT2D eigenvalue weighted by atomic mass is 32.2. The van der Waals surface area contributed by atoms with Gasteiger partial charge in [0, 0.05) is 58.8 Å². The van der Waals surface area contributed by atoms with Crippen LogP contribution in [-0.2, 0) is 13.0 Å². The number of nitrogens with zero attached hydrogens (tertiary/aromatic N) is 6. The Balaban J connectivity index is 0.909. The number of carbonyl (C=O) groups excluding carboxylic acids is 1. The van der Waals surface area contributed by atoms with Crippen LogP contribution in [-0.4, -0.2) is 86.9 Å². The van der Waals surface area contributed by atoms with Crippen LogP contribution in [0.1, 0.15) is 83.8 Å². The van der Waals surface area contributed by atoms with E-state index in [1.165, 1.54) is 21.5 Å². The number of aromatic nitrogens is 4. The molecule has 0 unspecified atom stereocenters. The number of aryl methyl sites for hydroxylation is 1. The van der Waals surface area contributed by atoms with E-state index in [2.05, 4.69) is 16.2 Å². The van der Waals surface area contributed by atoms with Crippen LogP contribution < -0.4 is 30.2 Å². The second kappa shape index (κ2) is 16.2. The van der Waals surface area contributed by atoms with Gasteiger partial charge in [-0.15, -0.1) is 11.3 Å². The first-order valence-electron chi connectivity index (χ1n) is 20.7. The van der Waals surface area contributed by atoms with Gasteiger partial charge in [0.2, 0.25) is 12.7 Å². The van der Waals surface area contributed by atoms with Gasteiger partial charge < -0.3 is 28.4 Å². The molecule has 3 aromatic heterocycles. The number of carbonyl (C=O) groups is 1. The maximum atomic E-state index is 14.4. The first-order chi connectivity index (χ1) is 29.8. The summed E-state index contributed by atoms with van der Waals surface area (Å²) in [5.74, 6) is 5.79. The van der Waals surface area contributed by atoms with Crippen LogP contribution in [0.2, 0.25) is 0 Å². The van der Waals surface area contributed by atoms with E-state index in [1.54, 1.807) is 16.6 Å². The molecule has 0 bridgehead atoms. The van der Waals surface area contributed by atoms with Crippen LogP contribution in [0.3, 0.4) is 0 Å². The molecule has 0 spiro atoms. The summed E-state index contributed by atoms with van der Waals surface area (Å²) < 4.78 is 31.7. The van der Waals surface area contributed by atoms with Gasteiger partial charge in [-0.05, 0) is 91.6 Å². The number of thioether (sulfide) groups is 1. The highest BCUT2D eigenvalue weighted by molar-refractivity contribution is 7.99. The minimum Gasteiger partial charge on any atom is -0.493 e. The summed E-state index contributed by atoms with van der Waals surface area (Å²) >= 11 is 3.29. The van der Waals surface area contributed by atoms with Crippen molar-refractivity contribution in [1.29, 1.82) is 0 Å². The Hall–Kier alpha value is -5.87. The smallest absolute Gasteiger partial charge is 0.332 e. The Morgan fingerprint density at radius 2 is 1.74 bits per heavy atom. The van der Waals surface area contributed by atoms with Gasteiger partial charge in [0.15, 0.2) is 28.8 Å². The van der Waals surface area contributed by atoms with E-state index in [0.29, 0.717) is 83.7 Å². The summed E-state index contributed by atoms with van der Waals surface area (Å²) in [6.07, 6.45) is 2.45. The van der Waals surface area contributed by atoms with Crippen molar-refractivity contribution in [3.8, 4) is 33.4 Å². The molecule has 314 valence electrons. The van der Waals surface area contributed by atoms with Gasteiger partial charge in [0.25, 0.3) is 11.5 Å². The third kappa shape index (κ3) is 7.08. The lowest BCUT2D eigenvalue weighted by molar-refractivity contribution is 0.0691. The summed E-state index contributed by atoms with van der Waals surface area (Å²) in [7, 11) is 1.65. The van der Waals surface area contributed by atoms with Crippen LogP contribution >= 0.6 is 23.1 Å². The van der Waals surface area contributed by atoms with Crippen molar-refractivity contribution in [3.63, 3.8) is 0 Å². The standard InChI is InChI=1S/C45H44N6O8S2/c1-4-39-47-40(59-48-39)22-50-33-21-38(27-10-11-34-36(18-27)58-24-57-34)61-42(33)44(53)51(45(50)54)28-12-15-49(16-13-28)43(52)26-8-6-25(7-9-26)41-30-20-35(55-3)37(56-5-2)19-29(30)31-23-60-17-14-32(31)46-41/h6-11,18-21,28,31-32H,4-5,12-17,22-24H2,1-3H3/t31-,32-/m1/s1. The number of methoxy groups -OCH3 is 1. The Morgan fingerprint density at radius 1 is 0.934 bits per heavy atom. The zero-order chi connectivity index (χ0) is 41.8. The molecule has 4 aliphatic heterocycles. The number of thiophene rings is 1. The number of benzene rings is 3. The van der Waals surface area contributed by atoms with Crippen LogP contribution in [0.4, 0.5) is 0 Å². The molecule has 3 aromatic carbocycles. The topological polar surface area (TPSA) is 153 Å². The van der Waals surface area contributed by atoms with Gasteiger partial charge >= 0.3 is 5.69 Å². The van der Waals surface area contributed by atoms with E-state index < -0.39 is 11.7 Å². The number of aliphatic imine (C=N–C) groups is 1. The van der Waals surface area contributed by atoms with Crippen molar-refractivity contribution < 1.29 is 28.3 Å². The molecule has 4 aliphatic rings. The maximum absolute atomic E-state index is 14.4. The molecule has 0 N–H and O–H groups in total. The van der Waals surface area contributed by atoms with Crippen molar-refractivity contribution in [2.45, 2.75) is 64.1 Å². The Kier molecular flexibility index (Phi) is 10.4. The van der Waals surface area contributed by atoms with E-state index >= 15 is 0 Å². The highest BCUT2D eigenvalue weighted by Crippen LogP contribution is 2.44. The van der Waals surface area contributed by atoms with Crippen LogP contribution in [0, 0.1) is 0 Å². The summed E-state index contributed by atoms with van der Waals surface area (Å²) in [5, 5.41) is 4.03. The predicted octanol–water partition coefficient (Wildman–Crippen LogP) is 6.94. The van der Waals surface area contributed by atoms with Crippen molar-refractivity contribution in [2.24, 2.45) is 4.99 Å². The molecule has 2 atom stereocenters. The van der Waals surface area contributed by atoms with Gasteiger partial charge in [-0.1, -0.05) is 24.2 Å². The van der Waals surface area contributed by atoms with Gasteiger partial charge in [-0.2, -0.15) is 16.7 Å². The zero-order valence-electron chi connectivity index (χ0n) is 34.0. The molecule has 10 rings (SSSR count). The molecular weight excluding hydrogens is 817 g/mol. The Labute approximate surface area is 359 Å². The van der Waals surface area contributed by atoms with E-state index in [4.69, 9.17) is 28.5 Å². The van der Waals surface area contributed by atoms with Crippen molar-refractivity contribution in [1.82, 2.24) is 24.2 Å². The van der Waals surface area contributed by atoms with Gasteiger partial charge in [-0.25, -0.2) is 4.79 Å². The van der Waals surface area contributed by atoms with Crippen molar-refractivity contribution >= 4 is 44.9 Å². The minimum absolute atomic E-state index is 0.00736. The molecule has 6 aromatic rings. The van der Waals surface area contributed by atoms with Gasteiger partial charge in [0.1, 0.15) is 11.2 Å². The van der Waals surface area contributed by atoms with Gasteiger partial charge in [0.05, 0.1) is 31.0 Å². The number of likely N-dealkylation sites (tertiary alicyclic amines) is 1. The molecule has 1 amide bonds. The molecule has 0 saturated carbocycles. The Morgan fingerprint density at radius 3 is 2.51 bits per heavy atom. The SMILES string of the molecule is CCOc1cc2c(cc1OC)C(c1ccc(C(=O)N3CCC(n4c(=O)c5sc(-c6ccc7c(c6)OCO7)cc5n(Cc5nc(CC)no5)c4=O)CC3)cc1)=N[C@@H]1CCSC[C@H]21. The van der Waals surface area contributed by atoms with Crippen molar-refractivity contribution in [2.75, 3.05) is 45.1 Å². The molecule has 14 nitrogen and oxygen atoms in total. The molecule has 0 aliphatic carbocycles. The lowest BCUT2D eigenvalue weighted by atomic mass is 9.81.